The molecule has 2 rings (SSSR count). The van der Waals surface area contributed by atoms with Crippen LogP contribution in [0.1, 0.15) is 10.4 Å². The zero-order chi connectivity index (χ0) is 11.7. The number of carbonyl (C=O) groups excluding carboxylic acids is 1. The van der Waals surface area contributed by atoms with Gasteiger partial charge in [0, 0.05) is 10.7 Å². The van der Waals surface area contributed by atoms with Crippen molar-refractivity contribution in [3.63, 3.8) is 0 Å². The van der Waals surface area contributed by atoms with Crippen molar-refractivity contribution in [1.82, 2.24) is 9.78 Å². The topological polar surface area (TPSA) is 86.9 Å². The molecule has 0 atom stereocenters. The van der Waals surface area contributed by atoms with Crippen LogP contribution < -0.4 is 11.5 Å². The van der Waals surface area contributed by atoms with Gasteiger partial charge < -0.3 is 11.5 Å². The molecule has 4 N–H and O–H groups in total. The molecule has 6 heteroatoms. The van der Waals surface area contributed by atoms with E-state index in [0.717, 1.165) is 4.47 Å². The largest absolute Gasteiger partial charge is 0.397 e. The van der Waals surface area contributed by atoms with Crippen LogP contribution in [0.3, 0.4) is 0 Å². The van der Waals surface area contributed by atoms with Crippen LogP contribution in [0, 0.1) is 0 Å². The lowest BCUT2D eigenvalue weighted by molar-refractivity contribution is 0.100. The Morgan fingerprint density at radius 3 is 2.75 bits per heavy atom. The molecule has 2 aromatic rings. The summed E-state index contributed by atoms with van der Waals surface area (Å²) in [5, 5.41) is 4.02. The minimum atomic E-state index is -0.512. The van der Waals surface area contributed by atoms with Crippen molar-refractivity contribution in [2.75, 3.05) is 5.73 Å². The second kappa shape index (κ2) is 3.97. The monoisotopic (exact) mass is 280 g/mol. The van der Waals surface area contributed by atoms with Gasteiger partial charge in [0.1, 0.15) is 0 Å². The van der Waals surface area contributed by atoms with Gasteiger partial charge in [-0.1, -0.05) is 15.9 Å². The highest BCUT2D eigenvalue weighted by atomic mass is 79.9. The Balaban J connectivity index is 2.46. The highest BCUT2D eigenvalue weighted by Gasteiger charge is 2.07. The van der Waals surface area contributed by atoms with Gasteiger partial charge in [0.2, 0.25) is 0 Å². The SMILES string of the molecule is NC(=O)c1cnn(-c2ccc(Br)cc2N)c1. The maximum absolute atomic E-state index is 10.9. The van der Waals surface area contributed by atoms with Crippen LogP contribution in [0.5, 0.6) is 0 Å². The van der Waals surface area contributed by atoms with E-state index in [-0.39, 0.29) is 0 Å². The standard InChI is InChI=1S/C10H9BrN4O/c11-7-1-2-9(8(12)3-7)15-5-6(4-14-15)10(13)16/h1-5H,12H2,(H2,13,16). The summed E-state index contributed by atoms with van der Waals surface area (Å²) in [6, 6.07) is 5.41. The lowest BCUT2D eigenvalue weighted by Crippen LogP contribution is -2.09. The average molecular weight is 281 g/mol. The Morgan fingerprint density at radius 1 is 1.44 bits per heavy atom. The second-order valence-corrected chi connectivity index (χ2v) is 4.16. The van der Waals surface area contributed by atoms with E-state index in [2.05, 4.69) is 21.0 Å². The normalized spacial score (nSPS) is 10.3. The molecule has 5 nitrogen and oxygen atoms in total. The Labute approximate surface area is 100 Å². The summed E-state index contributed by atoms with van der Waals surface area (Å²) in [6.07, 6.45) is 2.95. The van der Waals surface area contributed by atoms with Crippen LogP contribution in [0.2, 0.25) is 0 Å². The number of nitrogens with two attached hydrogens (primary N) is 2. The molecule has 1 amide bonds. The van der Waals surface area contributed by atoms with Gasteiger partial charge in [-0.25, -0.2) is 4.68 Å². The molecule has 0 saturated carbocycles. The molecule has 1 heterocycles. The molecule has 1 aromatic heterocycles. The van der Waals surface area contributed by atoms with Crippen molar-refractivity contribution in [3.05, 3.63) is 40.6 Å². The van der Waals surface area contributed by atoms with Crippen LogP contribution in [-0.2, 0) is 0 Å². The van der Waals surface area contributed by atoms with Gasteiger partial charge in [0.15, 0.2) is 0 Å². The molecule has 0 bridgehead atoms. The summed E-state index contributed by atoms with van der Waals surface area (Å²) in [4.78, 5) is 10.9. The quantitative estimate of drug-likeness (QED) is 0.814. The van der Waals surface area contributed by atoms with Crippen LogP contribution in [0.25, 0.3) is 5.69 Å². The summed E-state index contributed by atoms with van der Waals surface area (Å²) >= 11 is 3.31. The van der Waals surface area contributed by atoms with Gasteiger partial charge in [0.25, 0.3) is 5.91 Å². The first kappa shape index (κ1) is 10.7. The fourth-order valence-corrected chi connectivity index (χ4v) is 1.69. The number of benzene rings is 1. The number of nitrogens with zero attached hydrogens (tertiary/aromatic N) is 2. The third kappa shape index (κ3) is 1.92. The molecule has 16 heavy (non-hydrogen) atoms. The molecule has 0 aliphatic rings. The average Bonchev–Trinajstić information content (AvgIpc) is 2.66. The predicted octanol–water partition coefficient (Wildman–Crippen LogP) is 1.32. The Kier molecular flexibility index (Phi) is 2.66. The number of hydrogen-bond donors (Lipinski definition) is 2. The number of anilines is 1. The summed E-state index contributed by atoms with van der Waals surface area (Å²) in [6.45, 7) is 0. The first-order valence-electron chi connectivity index (χ1n) is 4.48. The van der Waals surface area contributed by atoms with Crippen molar-refractivity contribution in [2.45, 2.75) is 0 Å². The first-order valence-corrected chi connectivity index (χ1v) is 5.27. The molecular formula is C10H9BrN4O. The minimum absolute atomic E-state index is 0.349. The summed E-state index contributed by atoms with van der Waals surface area (Å²) in [7, 11) is 0. The molecule has 0 saturated heterocycles. The predicted molar refractivity (Wildman–Crippen MR) is 64.2 cm³/mol. The molecule has 0 aliphatic heterocycles. The summed E-state index contributed by atoms with van der Waals surface area (Å²) in [5.41, 5.74) is 12.6. The number of rotatable bonds is 2. The number of amides is 1. The smallest absolute Gasteiger partial charge is 0.251 e. The summed E-state index contributed by atoms with van der Waals surface area (Å²) < 4.78 is 2.40. The van der Waals surface area contributed by atoms with Gasteiger partial charge in [-0.2, -0.15) is 5.10 Å². The van der Waals surface area contributed by atoms with Gasteiger partial charge >= 0.3 is 0 Å². The van der Waals surface area contributed by atoms with E-state index < -0.39 is 5.91 Å². The minimum Gasteiger partial charge on any atom is -0.397 e. The van der Waals surface area contributed by atoms with Gasteiger partial charge in [0.05, 0.1) is 23.1 Å². The lowest BCUT2D eigenvalue weighted by atomic mass is 10.3. The third-order valence-electron chi connectivity index (χ3n) is 2.10. The third-order valence-corrected chi connectivity index (χ3v) is 2.60. The Hall–Kier alpha value is -1.82. The maximum Gasteiger partial charge on any atom is 0.251 e. The second-order valence-electron chi connectivity index (χ2n) is 3.24. The molecule has 1 aromatic carbocycles. The van der Waals surface area contributed by atoms with Gasteiger partial charge in [-0.3, -0.25) is 4.79 Å². The summed E-state index contributed by atoms with van der Waals surface area (Å²) in [5.74, 6) is -0.512. The Bertz CT molecular complexity index is 550. The van der Waals surface area contributed by atoms with Crippen molar-refractivity contribution in [1.29, 1.82) is 0 Å². The fraction of sp³-hybridized carbons (Fsp3) is 0. The number of hydrogen-bond acceptors (Lipinski definition) is 3. The molecular weight excluding hydrogens is 272 g/mol. The van der Waals surface area contributed by atoms with Crippen LogP contribution in [0.15, 0.2) is 35.1 Å². The molecule has 0 radical (unpaired) electrons. The van der Waals surface area contributed by atoms with E-state index in [4.69, 9.17) is 11.5 Å². The van der Waals surface area contributed by atoms with Crippen LogP contribution in [-0.4, -0.2) is 15.7 Å². The van der Waals surface area contributed by atoms with E-state index in [1.54, 1.807) is 18.3 Å². The number of nitrogen functional groups attached to an aromatic ring is 1. The van der Waals surface area contributed by atoms with Crippen LogP contribution in [0.4, 0.5) is 5.69 Å². The number of primary amides is 1. The van der Waals surface area contributed by atoms with Crippen molar-refractivity contribution in [3.8, 4) is 5.69 Å². The zero-order valence-corrected chi connectivity index (χ0v) is 9.81. The van der Waals surface area contributed by atoms with E-state index >= 15 is 0 Å². The number of carbonyl (C=O) groups is 1. The molecule has 82 valence electrons. The number of aromatic nitrogens is 2. The molecule has 0 aliphatic carbocycles. The molecule has 0 unspecified atom stereocenters. The van der Waals surface area contributed by atoms with E-state index in [0.29, 0.717) is 16.9 Å². The van der Waals surface area contributed by atoms with E-state index in [9.17, 15) is 4.79 Å². The van der Waals surface area contributed by atoms with Gasteiger partial charge in [-0.05, 0) is 18.2 Å². The van der Waals surface area contributed by atoms with Crippen LogP contribution >= 0.6 is 15.9 Å². The fourth-order valence-electron chi connectivity index (χ4n) is 1.32. The highest BCUT2D eigenvalue weighted by Crippen LogP contribution is 2.21. The lowest BCUT2D eigenvalue weighted by Gasteiger charge is -2.05. The van der Waals surface area contributed by atoms with Gasteiger partial charge in [-0.15, -0.1) is 0 Å². The molecule has 0 fully saturated rings. The number of halogens is 1. The van der Waals surface area contributed by atoms with Crippen molar-refractivity contribution in [2.24, 2.45) is 5.73 Å². The van der Waals surface area contributed by atoms with Crippen molar-refractivity contribution < 1.29 is 4.79 Å². The maximum atomic E-state index is 10.9. The zero-order valence-electron chi connectivity index (χ0n) is 8.22. The first-order chi connectivity index (χ1) is 7.58. The van der Waals surface area contributed by atoms with E-state index in [1.807, 2.05) is 6.07 Å². The van der Waals surface area contributed by atoms with E-state index in [1.165, 1.54) is 10.9 Å². The van der Waals surface area contributed by atoms with Crippen molar-refractivity contribution >= 4 is 27.5 Å². The Morgan fingerprint density at radius 2 is 2.19 bits per heavy atom. The highest BCUT2D eigenvalue weighted by molar-refractivity contribution is 9.10. The molecule has 0 spiro atoms.